The molecule has 0 unspecified atom stereocenters. The van der Waals surface area contributed by atoms with Gasteiger partial charge in [0.25, 0.3) is 0 Å². The van der Waals surface area contributed by atoms with Gasteiger partial charge in [-0.1, -0.05) is 0 Å². The number of nitrogens with one attached hydrogen (secondary N) is 1. The van der Waals surface area contributed by atoms with Crippen LogP contribution < -0.4 is 11.1 Å². The Bertz CT molecular complexity index is 92.1. The molecule has 2 nitrogen and oxygen atoms in total. The number of piperidine rings is 1. The summed E-state index contributed by atoms with van der Waals surface area (Å²) in [7, 11) is 0. The fraction of sp³-hybridized carbons (Fsp3) is 1.00. The lowest BCUT2D eigenvalue weighted by Crippen LogP contribution is -2.28. The third-order valence-electron chi connectivity index (χ3n) is 2.07. The number of thioether (sulfide) groups is 1. The van der Waals surface area contributed by atoms with Crippen LogP contribution in [0.1, 0.15) is 12.8 Å². The Labute approximate surface area is 73.3 Å². The average molecular weight is 174 g/mol. The third-order valence-corrected chi connectivity index (χ3v) is 3.31. The quantitative estimate of drug-likeness (QED) is 0.616. The summed E-state index contributed by atoms with van der Waals surface area (Å²) in [4.78, 5) is 0. The van der Waals surface area contributed by atoms with Crippen LogP contribution in [-0.4, -0.2) is 31.1 Å². The lowest BCUT2D eigenvalue weighted by molar-refractivity contribution is 0.408. The van der Waals surface area contributed by atoms with Crippen molar-refractivity contribution < 1.29 is 0 Å². The van der Waals surface area contributed by atoms with E-state index in [-0.39, 0.29) is 0 Å². The molecule has 66 valence electrons. The van der Waals surface area contributed by atoms with Crippen molar-refractivity contribution in [2.75, 3.05) is 31.1 Å². The van der Waals surface area contributed by atoms with Gasteiger partial charge in [0.1, 0.15) is 0 Å². The van der Waals surface area contributed by atoms with Crippen LogP contribution >= 0.6 is 11.8 Å². The van der Waals surface area contributed by atoms with Crippen LogP contribution in [0, 0.1) is 5.92 Å². The van der Waals surface area contributed by atoms with Crippen LogP contribution in [0.25, 0.3) is 0 Å². The lowest BCUT2D eigenvalue weighted by Gasteiger charge is -2.21. The number of rotatable bonds is 4. The van der Waals surface area contributed by atoms with Crippen LogP contribution in [0.4, 0.5) is 0 Å². The van der Waals surface area contributed by atoms with E-state index in [9.17, 15) is 0 Å². The van der Waals surface area contributed by atoms with Gasteiger partial charge in [-0.05, 0) is 37.6 Å². The highest BCUT2D eigenvalue weighted by Gasteiger charge is 2.11. The summed E-state index contributed by atoms with van der Waals surface area (Å²) in [5.74, 6) is 3.40. The van der Waals surface area contributed by atoms with Crippen molar-refractivity contribution in [3.05, 3.63) is 0 Å². The molecule has 0 aromatic rings. The van der Waals surface area contributed by atoms with Gasteiger partial charge in [-0.3, -0.25) is 0 Å². The highest BCUT2D eigenvalue weighted by atomic mass is 32.2. The van der Waals surface area contributed by atoms with E-state index in [0.29, 0.717) is 0 Å². The Morgan fingerprint density at radius 2 is 2.09 bits per heavy atom. The molecule has 1 heterocycles. The van der Waals surface area contributed by atoms with E-state index in [1.54, 1.807) is 0 Å². The van der Waals surface area contributed by atoms with Gasteiger partial charge in [0.05, 0.1) is 0 Å². The van der Waals surface area contributed by atoms with Crippen LogP contribution in [0.3, 0.4) is 0 Å². The van der Waals surface area contributed by atoms with Gasteiger partial charge in [-0.25, -0.2) is 0 Å². The molecule has 0 aliphatic carbocycles. The van der Waals surface area contributed by atoms with Crippen LogP contribution in [0.2, 0.25) is 0 Å². The maximum Gasteiger partial charge on any atom is 0.00559 e. The van der Waals surface area contributed by atoms with Crippen molar-refractivity contribution in [3.8, 4) is 0 Å². The Balaban J connectivity index is 1.96. The summed E-state index contributed by atoms with van der Waals surface area (Å²) < 4.78 is 0. The maximum absolute atomic E-state index is 5.41. The van der Waals surface area contributed by atoms with Crippen LogP contribution in [0.15, 0.2) is 0 Å². The second kappa shape index (κ2) is 5.86. The second-order valence-electron chi connectivity index (χ2n) is 3.06. The van der Waals surface area contributed by atoms with E-state index >= 15 is 0 Å². The smallest absolute Gasteiger partial charge is 0.00559 e. The van der Waals surface area contributed by atoms with Gasteiger partial charge >= 0.3 is 0 Å². The van der Waals surface area contributed by atoms with Gasteiger partial charge in [-0.15, -0.1) is 0 Å². The molecule has 1 saturated heterocycles. The second-order valence-corrected chi connectivity index (χ2v) is 4.21. The fourth-order valence-electron chi connectivity index (χ4n) is 1.38. The van der Waals surface area contributed by atoms with Crippen molar-refractivity contribution in [2.45, 2.75) is 12.8 Å². The van der Waals surface area contributed by atoms with Crippen LogP contribution in [0.5, 0.6) is 0 Å². The molecule has 11 heavy (non-hydrogen) atoms. The predicted octanol–water partition coefficient (Wildman–Crippen LogP) is 0.678. The van der Waals surface area contributed by atoms with Crippen molar-refractivity contribution in [1.82, 2.24) is 5.32 Å². The molecular formula is C8H18N2S. The van der Waals surface area contributed by atoms with Crippen molar-refractivity contribution in [3.63, 3.8) is 0 Å². The van der Waals surface area contributed by atoms with Crippen molar-refractivity contribution >= 4 is 11.8 Å². The Kier molecular flexibility index (Phi) is 4.99. The molecule has 3 heteroatoms. The van der Waals surface area contributed by atoms with Gasteiger partial charge in [0, 0.05) is 12.3 Å². The third kappa shape index (κ3) is 3.99. The average Bonchev–Trinajstić information content (AvgIpc) is 2.07. The normalized spacial score (nSPS) is 20.5. The Hall–Kier alpha value is 0.270. The molecule has 1 aliphatic rings. The molecular weight excluding hydrogens is 156 g/mol. The summed E-state index contributed by atoms with van der Waals surface area (Å²) >= 11 is 2.01. The Morgan fingerprint density at radius 3 is 2.73 bits per heavy atom. The van der Waals surface area contributed by atoms with E-state index in [2.05, 4.69) is 5.32 Å². The molecule has 0 radical (unpaired) electrons. The zero-order valence-electron chi connectivity index (χ0n) is 7.01. The van der Waals surface area contributed by atoms with E-state index in [1.807, 2.05) is 11.8 Å². The van der Waals surface area contributed by atoms with Gasteiger partial charge in [-0.2, -0.15) is 11.8 Å². The largest absolute Gasteiger partial charge is 0.330 e. The van der Waals surface area contributed by atoms with Crippen LogP contribution in [-0.2, 0) is 0 Å². The summed E-state index contributed by atoms with van der Waals surface area (Å²) in [6, 6.07) is 0. The first-order valence-corrected chi connectivity index (χ1v) is 5.57. The van der Waals surface area contributed by atoms with E-state index < -0.39 is 0 Å². The summed E-state index contributed by atoms with van der Waals surface area (Å²) in [6.07, 6.45) is 2.72. The number of hydrogen-bond acceptors (Lipinski definition) is 3. The summed E-state index contributed by atoms with van der Waals surface area (Å²) in [6.45, 7) is 3.26. The minimum absolute atomic E-state index is 0.829. The number of hydrogen-bond donors (Lipinski definition) is 2. The maximum atomic E-state index is 5.41. The first kappa shape index (κ1) is 9.36. The van der Waals surface area contributed by atoms with Gasteiger partial charge in [0.2, 0.25) is 0 Å². The molecule has 1 aliphatic heterocycles. The molecule has 0 amide bonds. The minimum atomic E-state index is 0.829. The van der Waals surface area contributed by atoms with Gasteiger partial charge in [0.15, 0.2) is 0 Å². The summed E-state index contributed by atoms with van der Waals surface area (Å²) in [5.41, 5.74) is 5.41. The topological polar surface area (TPSA) is 38.0 Å². The molecule has 0 spiro atoms. The van der Waals surface area contributed by atoms with E-state index in [4.69, 9.17) is 5.73 Å². The SMILES string of the molecule is NCCSCC1CCNCC1. The standard InChI is InChI=1S/C8H18N2S/c9-3-6-11-7-8-1-4-10-5-2-8/h8,10H,1-7,9H2. The zero-order valence-corrected chi connectivity index (χ0v) is 7.83. The summed E-state index contributed by atoms with van der Waals surface area (Å²) in [5, 5.41) is 3.37. The Morgan fingerprint density at radius 1 is 1.36 bits per heavy atom. The van der Waals surface area contributed by atoms with E-state index in [0.717, 1.165) is 18.2 Å². The van der Waals surface area contributed by atoms with E-state index in [1.165, 1.54) is 31.7 Å². The zero-order chi connectivity index (χ0) is 7.94. The molecule has 0 aromatic carbocycles. The van der Waals surface area contributed by atoms with Crippen molar-refractivity contribution in [1.29, 1.82) is 0 Å². The first-order valence-electron chi connectivity index (χ1n) is 4.42. The monoisotopic (exact) mass is 174 g/mol. The predicted molar refractivity (Wildman–Crippen MR) is 52.0 cm³/mol. The minimum Gasteiger partial charge on any atom is -0.330 e. The highest BCUT2D eigenvalue weighted by molar-refractivity contribution is 7.99. The highest BCUT2D eigenvalue weighted by Crippen LogP contribution is 2.17. The molecule has 0 aromatic heterocycles. The molecule has 1 rings (SSSR count). The molecule has 1 fully saturated rings. The van der Waals surface area contributed by atoms with Crippen molar-refractivity contribution in [2.24, 2.45) is 11.7 Å². The fourth-order valence-corrected chi connectivity index (χ4v) is 2.38. The molecule has 3 N–H and O–H groups in total. The lowest BCUT2D eigenvalue weighted by atomic mass is 10.0. The van der Waals surface area contributed by atoms with Gasteiger partial charge < -0.3 is 11.1 Å². The molecule has 0 bridgehead atoms. The molecule has 0 atom stereocenters. The first-order chi connectivity index (χ1) is 5.43. The molecule has 0 saturated carbocycles. The number of nitrogens with two attached hydrogens (primary N) is 1.